The topological polar surface area (TPSA) is 76.7 Å². The largest absolute Gasteiger partial charge is 0.488 e. The Morgan fingerprint density at radius 3 is 2.61 bits per heavy atom. The molecule has 6 heteroatoms. The molecule has 1 aliphatic heterocycles. The van der Waals surface area contributed by atoms with Gasteiger partial charge in [0.15, 0.2) is 11.5 Å². The zero-order valence-corrected chi connectivity index (χ0v) is 16.3. The molecule has 0 saturated carbocycles. The van der Waals surface area contributed by atoms with E-state index in [1.807, 2.05) is 62.4 Å². The van der Waals surface area contributed by atoms with Crippen LogP contribution in [0.2, 0.25) is 0 Å². The molecule has 0 fully saturated rings. The molecule has 2 N–H and O–H groups in total. The second-order valence-electron chi connectivity index (χ2n) is 7.42. The molecule has 2 aromatic carbocycles. The minimum absolute atomic E-state index is 0.0519. The monoisotopic (exact) mass is 382 g/mol. The van der Waals surface area contributed by atoms with Crippen molar-refractivity contribution in [2.24, 2.45) is 0 Å². The molecule has 0 bridgehead atoms. The van der Waals surface area contributed by atoms with E-state index in [1.54, 1.807) is 0 Å². The summed E-state index contributed by atoms with van der Waals surface area (Å²) < 4.78 is 11.7. The van der Waals surface area contributed by atoms with Crippen molar-refractivity contribution in [1.82, 2.24) is 10.6 Å². The van der Waals surface area contributed by atoms with Crippen LogP contribution in [0.1, 0.15) is 25.0 Å². The van der Waals surface area contributed by atoms with Crippen LogP contribution in [0.15, 0.2) is 48.5 Å². The highest BCUT2D eigenvalue weighted by atomic mass is 16.5. The Hall–Kier alpha value is -3.02. The van der Waals surface area contributed by atoms with Crippen LogP contribution in [-0.4, -0.2) is 37.1 Å². The zero-order valence-electron chi connectivity index (χ0n) is 16.3. The van der Waals surface area contributed by atoms with Gasteiger partial charge in [0.2, 0.25) is 11.8 Å². The lowest BCUT2D eigenvalue weighted by atomic mass is 10.0. The van der Waals surface area contributed by atoms with Gasteiger partial charge in [-0.15, -0.1) is 0 Å². The van der Waals surface area contributed by atoms with Crippen molar-refractivity contribution in [1.29, 1.82) is 0 Å². The first-order valence-electron chi connectivity index (χ1n) is 9.44. The third-order valence-corrected chi connectivity index (χ3v) is 4.39. The van der Waals surface area contributed by atoms with Gasteiger partial charge in [-0.05, 0) is 25.5 Å². The molecule has 2 amide bonds. The number of hydrogen-bond acceptors (Lipinski definition) is 4. The lowest BCUT2D eigenvalue weighted by molar-refractivity contribution is -0.125. The molecule has 148 valence electrons. The number of para-hydroxylation sites is 1. The average molecular weight is 382 g/mol. The molecule has 0 unspecified atom stereocenters. The summed E-state index contributed by atoms with van der Waals surface area (Å²) in [5.41, 5.74) is 1.82. The van der Waals surface area contributed by atoms with E-state index >= 15 is 0 Å². The highest BCUT2D eigenvalue weighted by molar-refractivity contribution is 5.85. The van der Waals surface area contributed by atoms with Gasteiger partial charge in [-0.1, -0.05) is 42.5 Å². The fourth-order valence-corrected chi connectivity index (χ4v) is 3.14. The maximum Gasteiger partial charge on any atom is 0.239 e. The minimum Gasteiger partial charge on any atom is -0.488 e. The number of carbonyl (C=O) groups excluding carboxylic acids is 2. The molecule has 1 aliphatic rings. The Labute approximate surface area is 165 Å². The van der Waals surface area contributed by atoms with Crippen LogP contribution in [0.5, 0.6) is 11.5 Å². The maximum atomic E-state index is 11.9. The van der Waals surface area contributed by atoms with Crippen molar-refractivity contribution in [3.63, 3.8) is 0 Å². The van der Waals surface area contributed by atoms with Crippen molar-refractivity contribution in [2.75, 3.05) is 19.7 Å². The predicted molar refractivity (Wildman–Crippen MR) is 107 cm³/mol. The number of nitrogens with one attached hydrogen (secondary N) is 2. The molecule has 0 saturated heterocycles. The molecule has 3 rings (SSSR count). The number of fused-ring (bicyclic) bond motifs is 1. The van der Waals surface area contributed by atoms with E-state index in [0.717, 1.165) is 23.3 Å². The summed E-state index contributed by atoms with van der Waals surface area (Å²) in [6.45, 7) is 4.71. The Kier molecular flexibility index (Phi) is 6.19. The highest BCUT2D eigenvalue weighted by Gasteiger charge is 2.32. The van der Waals surface area contributed by atoms with E-state index in [0.29, 0.717) is 18.9 Å². The summed E-state index contributed by atoms with van der Waals surface area (Å²) in [5.74, 6) is 1.04. The van der Waals surface area contributed by atoms with Crippen LogP contribution < -0.4 is 20.1 Å². The SMILES string of the molecule is CC1(C)Cc2cccc(OCCNC(=O)CNC(=O)Cc3ccccc3)c2O1. The van der Waals surface area contributed by atoms with Crippen LogP contribution in [0.25, 0.3) is 0 Å². The van der Waals surface area contributed by atoms with Crippen molar-refractivity contribution in [3.05, 3.63) is 59.7 Å². The number of ether oxygens (including phenoxy) is 2. The standard InChI is InChI=1S/C22H26N2O4/c1-22(2)14-17-9-6-10-18(21(17)28-22)27-12-11-23-20(26)15-24-19(25)13-16-7-4-3-5-8-16/h3-10H,11-15H2,1-2H3,(H,23,26)(H,24,25). The van der Waals surface area contributed by atoms with E-state index in [-0.39, 0.29) is 30.4 Å². The van der Waals surface area contributed by atoms with Crippen LogP contribution in [-0.2, 0) is 22.4 Å². The molecule has 0 aromatic heterocycles. The second-order valence-corrected chi connectivity index (χ2v) is 7.42. The molecule has 2 aromatic rings. The molecule has 1 heterocycles. The normalized spacial score (nSPS) is 13.9. The summed E-state index contributed by atoms with van der Waals surface area (Å²) in [4.78, 5) is 23.7. The van der Waals surface area contributed by atoms with Crippen molar-refractivity contribution < 1.29 is 19.1 Å². The Morgan fingerprint density at radius 1 is 1.04 bits per heavy atom. The smallest absolute Gasteiger partial charge is 0.239 e. The van der Waals surface area contributed by atoms with E-state index in [2.05, 4.69) is 10.6 Å². The van der Waals surface area contributed by atoms with Gasteiger partial charge >= 0.3 is 0 Å². The van der Waals surface area contributed by atoms with Crippen molar-refractivity contribution >= 4 is 11.8 Å². The van der Waals surface area contributed by atoms with Crippen LogP contribution in [0.3, 0.4) is 0 Å². The molecular formula is C22H26N2O4. The van der Waals surface area contributed by atoms with Crippen molar-refractivity contribution in [3.8, 4) is 11.5 Å². The Bertz CT molecular complexity index is 834. The number of carbonyl (C=O) groups is 2. The third kappa shape index (κ3) is 5.49. The molecule has 0 atom stereocenters. The summed E-state index contributed by atoms with van der Waals surface area (Å²) >= 11 is 0. The zero-order chi connectivity index (χ0) is 20.0. The van der Waals surface area contributed by atoms with Crippen molar-refractivity contribution in [2.45, 2.75) is 32.3 Å². The van der Waals surface area contributed by atoms with Gasteiger partial charge in [-0.25, -0.2) is 0 Å². The first-order valence-corrected chi connectivity index (χ1v) is 9.44. The van der Waals surface area contributed by atoms with E-state index in [4.69, 9.17) is 9.47 Å². The number of benzene rings is 2. The van der Waals surface area contributed by atoms with Gasteiger partial charge in [-0.2, -0.15) is 0 Å². The van der Waals surface area contributed by atoms with Gasteiger partial charge in [0, 0.05) is 12.0 Å². The number of amides is 2. The van der Waals surface area contributed by atoms with Gasteiger partial charge in [0.1, 0.15) is 12.2 Å². The van der Waals surface area contributed by atoms with Crippen LogP contribution in [0.4, 0.5) is 0 Å². The first-order chi connectivity index (χ1) is 13.4. The van der Waals surface area contributed by atoms with Gasteiger partial charge in [-0.3, -0.25) is 9.59 Å². The Balaban J connectivity index is 1.35. The van der Waals surface area contributed by atoms with E-state index in [1.165, 1.54) is 0 Å². The fourth-order valence-electron chi connectivity index (χ4n) is 3.14. The molecule has 0 aliphatic carbocycles. The minimum atomic E-state index is -0.249. The maximum absolute atomic E-state index is 11.9. The highest BCUT2D eigenvalue weighted by Crippen LogP contribution is 2.41. The summed E-state index contributed by atoms with van der Waals surface area (Å²) in [6, 6.07) is 15.3. The Morgan fingerprint density at radius 2 is 1.82 bits per heavy atom. The lowest BCUT2D eigenvalue weighted by Crippen LogP contribution is -2.39. The van der Waals surface area contributed by atoms with Gasteiger partial charge < -0.3 is 20.1 Å². The van der Waals surface area contributed by atoms with Gasteiger partial charge in [0.25, 0.3) is 0 Å². The summed E-state index contributed by atoms with van der Waals surface area (Å²) in [5, 5.41) is 5.36. The summed E-state index contributed by atoms with van der Waals surface area (Å²) in [6.07, 6.45) is 1.10. The lowest BCUT2D eigenvalue weighted by Gasteiger charge is -2.18. The van der Waals surface area contributed by atoms with E-state index < -0.39 is 0 Å². The third-order valence-electron chi connectivity index (χ3n) is 4.39. The predicted octanol–water partition coefficient (Wildman–Crippen LogP) is 2.25. The average Bonchev–Trinajstić information content (AvgIpc) is 2.99. The molecule has 0 spiro atoms. The van der Waals surface area contributed by atoms with E-state index in [9.17, 15) is 9.59 Å². The summed E-state index contributed by atoms with van der Waals surface area (Å²) in [7, 11) is 0. The molecule has 28 heavy (non-hydrogen) atoms. The first kappa shape index (κ1) is 19.7. The molecule has 6 nitrogen and oxygen atoms in total. The molecule has 0 radical (unpaired) electrons. The quantitative estimate of drug-likeness (QED) is 0.687. The molecular weight excluding hydrogens is 356 g/mol. The number of rotatable bonds is 8. The fraction of sp³-hybridized carbons (Fsp3) is 0.364. The van der Waals surface area contributed by atoms with Gasteiger partial charge in [0.05, 0.1) is 19.5 Å². The number of hydrogen-bond donors (Lipinski definition) is 2. The van der Waals surface area contributed by atoms with Crippen LogP contribution in [0, 0.1) is 0 Å². The van der Waals surface area contributed by atoms with Crippen LogP contribution >= 0.6 is 0 Å². The second kappa shape index (κ2) is 8.78.